The van der Waals surface area contributed by atoms with Crippen molar-refractivity contribution >= 4 is 22.5 Å². The number of halogens is 1. The molecule has 0 radical (unpaired) electrons. The zero-order valence-electron chi connectivity index (χ0n) is 10.7. The molecular formula is C15H17ClN2O. The molecule has 1 N–H and O–H groups in total. The lowest BCUT2D eigenvalue weighted by atomic mass is 9.99. The van der Waals surface area contributed by atoms with Gasteiger partial charge in [-0.15, -0.1) is 0 Å². The average Bonchev–Trinajstić information content (AvgIpc) is 2.48. The molecule has 0 unspecified atom stereocenters. The van der Waals surface area contributed by atoms with Gasteiger partial charge < -0.3 is 10.1 Å². The van der Waals surface area contributed by atoms with Crippen LogP contribution in [0.3, 0.4) is 0 Å². The van der Waals surface area contributed by atoms with Crippen molar-refractivity contribution in [3.8, 4) is 5.75 Å². The Morgan fingerprint density at radius 1 is 1.26 bits per heavy atom. The average molecular weight is 277 g/mol. The molecule has 1 fully saturated rings. The summed E-state index contributed by atoms with van der Waals surface area (Å²) >= 11 is 6.17. The molecule has 1 aromatic carbocycles. The Kier molecular flexibility index (Phi) is 3.85. The van der Waals surface area contributed by atoms with E-state index in [1.54, 1.807) is 6.20 Å². The van der Waals surface area contributed by atoms with E-state index in [9.17, 15) is 0 Å². The number of benzene rings is 1. The first-order valence-corrected chi connectivity index (χ1v) is 7.09. The largest absolute Gasteiger partial charge is 0.491 e. The van der Waals surface area contributed by atoms with E-state index in [1.165, 1.54) is 12.8 Å². The molecule has 0 spiro atoms. The van der Waals surface area contributed by atoms with E-state index >= 15 is 0 Å². The number of aromatic nitrogens is 1. The van der Waals surface area contributed by atoms with Crippen LogP contribution in [0.1, 0.15) is 12.8 Å². The van der Waals surface area contributed by atoms with Crippen molar-refractivity contribution < 1.29 is 4.74 Å². The van der Waals surface area contributed by atoms with Gasteiger partial charge in [-0.25, -0.2) is 0 Å². The highest BCUT2D eigenvalue weighted by atomic mass is 35.5. The molecule has 0 saturated carbocycles. The van der Waals surface area contributed by atoms with Crippen molar-refractivity contribution in [1.82, 2.24) is 10.3 Å². The summed E-state index contributed by atoms with van der Waals surface area (Å²) in [6, 6.07) is 7.66. The van der Waals surface area contributed by atoms with Crippen LogP contribution in [0.5, 0.6) is 5.75 Å². The van der Waals surface area contributed by atoms with Crippen LogP contribution < -0.4 is 10.1 Å². The van der Waals surface area contributed by atoms with Gasteiger partial charge >= 0.3 is 0 Å². The fourth-order valence-electron chi connectivity index (χ4n) is 2.48. The Morgan fingerprint density at radius 3 is 2.95 bits per heavy atom. The molecule has 100 valence electrons. The molecule has 0 bridgehead atoms. The molecule has 0 aliphatic carbocycles. The fourth-order valence-corrected chi connectivity index (χ4v) is 2.70. The number of ether oxygens (including phenoxy) is 1. The van der Waals surface area contributed by atoms with Gasteiger partial charge in [0.15, 0.2) is 0 Å². The monoisotopic (exact) mass is 276 g/mol. The van der Waals surface area contributed by atoms with Gasteiger partial charge in [-0.2, -0.15) is 0 Å². The fraction of sp³-hybridized carbons (Fsp3) is 0.400. The van der Waals surface area contributed by atoms with Crippen LogP contribution in [0.4, 0.5) is 0 Å². The summed E-state index contributed by atoms with van der Waals surface area (Å²) in [5, 5.41) is 5.04. The Bertz CT molecular complexity index is 567. The standard InChI is InChI=1S/C15H17ClN2O/c16-13-3-4-14(15-12(13)2-1-7-18-15)19-10-11-5-8-17-9-6-11/h1-4,7,11,17H,5-6,8-10H2. The predicted molar refractivity (Wildman–Crippen MR) is 77.8 cm³/mol. The molecule has 1 aromatic heterocycles. The minimum atomic E-state index is 0.635. The highest BCUT2D eigenvalue weighted by Gasteiger charge is 2.14. The first kappa shape index (κ1) is 12.7. The maximum absolute atomic E-state index is 6.17. The highest BCUT2D eigenvalue weighted by Crippen LogP contribution is 2.30. The van der Waals surface area contributed by atoms with E-state index in [0.717, 1.165) is 41.4 Å². The molecule has 0 amide bonds. The summed E-state index contributed by atoms with van der Waals surface area (Å²) in [6.45, 7) is 2.94. The maximum Gasteiger partial charge on any atom is 0.145 e. The number of piperidine rings is 1. The number of pyridine rings is 1. The normalized spacial score (nSPS) is 16.7. The summed E-state index contributed by atoms with van der Waals surface area (Å²) in [6.07, 6.45) is 4.13. The van der Waals surface area contributed by atoms with Gasteiger partial charge in [0.05, 0.1) is 11.6 Å². The number of hydrogen-bond donors (Lipinski definition) is 1. The minimum Gasteiger partial charge on any atom is -0.491 e. The van der Waals surface area contributed by atoms with E-state index in [1.807, 2.05) is 24.3 Å². The third-order valence-electron chi connectivity index (χ3n) is 3.61. The summed E-state index contributed by atoms with van der Waals surface area (Å²) in [5.74, 6) is 1.47. The zero-order chi connectivity index (χ0) is 13.1. The topological polar surface area (TPSA) is 34.1 Å². The van der Waals surface area contributed by atoms with E-state index < -0.39 is 0 Å². The Hall–Kier alpha value is -1.32. The van der Waals surface area contributed by atoms with Crippen LogP contribution in [0.15, 0.2) is 30.5 Å². The van der Waals surface area contributed by atoms with Crippen molar-refractivity contribution in [3.63, 3.8) is 0 Å². The smallest absolute Gasteiger partial charge is 0.145 e. The molecule has 3 nitrogen and oxygen atoms in total. The van der Waals surface area contributed by atoms with Crippen molar-refractivity contribution in [1.29, 1.82) is 0 Å². The summed E-state index contributed by atoms with van der Waals surface area (Å²) in [4.78, 5) is 4.38. The minimum absolute atomic E-state index is 0.635. The second-order valence-electron chi connectivity index (χ2n) is 4.95. The maximum atomic E-state index is 6.17. The molecule has 1 aliphatic heterocycles. The van der Waals surface area contributed by atoms with Crippen molar-refractivity contribution in [3.05, 3.63) is 35.5 Å². The predicted octanol–water partition coefficient (Wildman–Crippen LogP) is 3.27. The van der Waals surface area contributed by atoms with Crippen LogP contribution in [-0.2, 0) is 0 Å². The van der Waals surface area contributed by atoms with Gasteiger partial charge in [-0.05, 0) is 56.1 Å². The number of hydrogen-bond acceptors (Lipinski definition) is 3. The molecule has 1 aliphatic rings. The van der Waals surface area contributed by atoms with Gasteiger partial charge in [-0.3, -0.25) is 4.98 Å². The summed E-state index contributed by atoms with van der Waals surface area (Å²) < 4.78 is 5.96. The third kappa shape index (κ3) is 2.82. The van der Waals surface area contributed by atoms with Gasteiger partial charge in [0, 0.05) is 11.6 Å². The third-order valence-corrected chi connectivity index (χ3v) is 3.94. The molecule has 3 rings (SSSR count). The zero-order valence-corrected chi connectivity index (χ0v) is 11.5. The molecule has 2 heterocycles. The number of rotatable bonds is 3. The van der Waals surface area contributed by atoms with Gasteiger partial charge in [0.1, 0.15) is 11.3 Å². The highest BCUT2D eigenvalue weighted by molar-refractivity contribution is 6.35. The summed E-state index contributed by atoms with van der Waals surface area (Å²) in [7, 11) is 0. The second-order valence-corrected chi connectivity index (χ2v) is 5.36. The SMILES string of the molecule is Clc1ccc(OCC2CCNCC2)c2ncccc12. The molecular weight excluding hydrogens is 260 g/mol. The first-order valence-electron chi connectivity index (χ1n) is 6.71. The molecule has 19 heavy (non-hydrogen) atoms. The Morgan fingerprint density at radius 2 is 2.11 bits per heavy atom. The second kappa shape index (κ2) is 5.76. The van der Waals surface area contributed by atoms with Crippen molar-refractivity contribution in [2.45, 2.75) is 12.8 Å². The van der Waals surface area contributed by atoms with Crippen LogP contribution in [0.2, 0.25) is 5.02 Å². The number of fused-ring (bicyclic) bond motifs is 1. The van der Waals surface area contributed by atoms with Crippen LogP contribution in [0, 0.1) is 5.92 Å². The van der Waals surface area contributed by atoms with Crippen LogP contribution >= 0.6 is 11.6 Å². The first-order chi connectivity index (χ1) is 9.34. The van der Waals surface area contributed by atoms with Crippen LogP contribution in [0.25, 0.3) is 10.9 Å². The lowest BCUT2D eigenvalue weighted by Gasteiger charge is -2.22. The Balaban J connectivity index is 1.79. The molecule has 4 heteroatoms. The van der Waals surface area contributed by atoms with Crippen molar-refractivity contribution in [2.75, 3.05) is 19.7 Å². The number of nitrogens with zero attached hydrogens (tertiary/aromatic N) is 1. The lowest BCUT2D eigenvalue weighted by molar-refractivity contribution is 0.217. The molecule has 2 aromatic rings. The van der Waals surface area contributed by atoms with Gasteiger partial charge in [0.25, 0.3) is 0 Å². The van der Waals surface area contributed by atoms with E-state index in [4.69, 9.17) is 16.3 Å². The molecule has 1 saturated heterocycles. The lowest BCUT2D eigenvalue weighted by Crippen LogP contribution is -2.30. The molecule has 0 atom stereocenters. The quantitative estimate of drug-likeness (QED) is 0.934. The van der Waals surface area contributed by atoms with Crippen molar-refractivity contribution in [2.24, 2.45) is 5.92 Å². The summed E-state index contributed by atoms with van der Waals surface area (Å²) in [5.41, 5.74) is 0.851. The van der Waals surface area contributed by atoms with E-state index in [2.05, 4.69) is 10.3 Å². The Labute approximate surface area is 117 Å². The van der Waals surface area contributed by atoms with Crippen LogP contribution in [-0.4, -0.2) is 24.7 Å². The number of nitrogens with one attached hydrogen (secondary N) is 1. The van der Waals surface area contributed by atoms with Gasteiger partial charge in [-0.1, -0.05) is 11.6 Å². The van der Waals surface area contributed by atoms with E-state index in [-0.39, 0.29) is 0 Å². The van der Waals surface area contributed by atoms with Gasteiger partial charge in [0.2, 0.25) is 0 Å². The van der Waals surface area contributed by atoms with E-state index in [0.29, 0.717) is 5.92 Å².